The van der Waals surface area contributed by atoms with Crippen LogP contribution in [0.2, 0.25) is 5.15 Å². The van der Waals surface area contributed by atoms with Crippen molar-refractivity contribution in [1.82, 2.24) is 19.7 Å². The Hall–Kier alpha value is -3.48. The molecule has 3 heterocycles. The third-order valence-corrected chi connectivity index (χ3v) is 6.21. The van der Waals surface area contributed by atoms with E-state index in [9.17, 15) is 9.59 Å². The number of hydrogen-bond acceptors (Lipinski definition) is 10. The van der Waals surface area contributed by atoms with Crippen LogP contribution in [-0.4, -0.2) is 68.7 Å². The van der Waals surface area contributed by atoms with E-state index in [4.69, 9.17) is 40.4 Å². The minimum absolute atomic E-state index is 0.00118. The van der Waals surface area contributed by atoms with Gasteiger partial charge in [0.25, 0.3) is 0 Å². The fourth-order valence-corrected chi connectivity index (χ4v) is 4.55. The lowest BCUT2D eigenvalue weighted by atomic mass is 10.1. The van der Waals surface area contributed by atoms with Gasteiger partial charge < -0.3 is 23.7 Å². The van der Waals surface area contributed by atoms with E-state index in [1.807, 2.05) is 38.1 Å². The molecule has 3 aromatic rings. The molecule has 1 fully saturated rings. The van der Waals surface area contributed by atoms with Crippen LogP contribution in [0.5, 0.6) is 5.75 Å². The van der Waals surface area contributed by atoms with Gasteiger partial charge in [-0.25, -0.2) is 14.3 Å². The Morgan fingerprint density at radius 3 is 2.14 bits per heavy atom. The zero-order valence-corrected chi connectivity index (χ0v) is 26.2. The highest BCUT2D eigenvalue weighted by Gasteiger charge is 2.37. The van der Waals surface area contributed by atoms with Crippen LogP contribution in [0.4, 0.5) is 15.5 Å². The molecule has 42 heavy (non-hydrogen) atoms. The predicted molar refractivity (Wildman–Crippen MR) is 156 cm³/mol. The molecule has 1 atom stereocenters. The molecular formula is C29H38ClN5O7. The summed E-state index contributed by atoms with van der Waals surface area (Å²) in [4.78, 5) is 36.2. The molecule has 1 saturated heterocycles. The number of carbonyl (C=O) groups is 2. The lowest BCUT2D eigenvalue weighted by Crippen LogP contribution is -2.44. The number of fused-ring (bicyclic) bond motifs is 1. The van der Waals surface area contributed by atoms with Gasteiger partial charge in [0.15, 0.2) is 11.4 Å². The standard InChI is InChI=1S/C29H38ClN5O7/c1-27(2,3)41-25(36)35(26(37)42-28(4,5)6)24-31-22(30)21-20(14-19-16-39-29(7,8)40-19)33-34(23(21)32-24)15-17-10-12-18(38-9)13-11-17/h10-13,19H,14-16H2,1-9H3. The van der Waals surface area contributed by atoms with Gasteiger partial charge in [-0.15, -0.1) is 4.90 Å². The van der Waals surface area contributed by atoms with Gasteiger partial charge in [0.2, 0.25) is 5.95 Å². The van der Waals surface area contributed by atoms with Crippen LogP contribution in [0, 0.1) is 0 Å². The molecule has 0 spiro atoms. The third kappa shape index (κ3) is 7.67. The van der Waals surface area contributed by atoms with Crippen LogP contribution in [0.15, 0.2) is 24.3 Å². The molecule has 0 bridgehead atoms. The van der Waals surface area contributed by atoms with E-state index < -0.39 is 29.2 Å². The maximum absolute atomic E-state index is 13.3. The average Bonchev–Trinajstić information content (AvgIpc) is 3.36. The Morgan fingerprint density at radius 2 is 1.64 bits per heavy atom. The number of anilines is 1. The summed E-state index contributed by atoms with van der Waals surface area (Å²) in [6.45, 7) is 14.5. The first-order valence-corrected chi connectivity index (χ1v) is 14.0. The number of amides is 2. The van der Waals surface area contributed by atoms with Crippen molar-refractivity contribution in [2.45, 2.75) is 91.4 Å². The van der Waals surface area contributed by atoms with E-state index >= 15 is 0 Å². The SMILES string of the molecule is COc1ccc(Cn2nc(CC3COC(C)(C)O3)c3c(Cl)nc(N(C(=O)OC(C)(C)C)C(=O)OC(C)(C)C)nc32)cc1. The van der Waals surface area contributed by atoms with Crippen LogP contribution in [0.3, 0.4) is 0 Å². The summed E-state index contributed by atoms with van der Waals surface area (Å²) in [5.41, 5.74) is -0.0218. The van der Waals surface area contributed by atoms with Gasteiger partial charge in [0.05, 0.1) is 37.4 Å². The predicted octanol–water partition coefficient (Wildman–Crippen LogP) is 5.91. The van der Waals surface area contributed by atoms with E-state index in [0.29, 0.717) is 46.9 Å². The molecule has 2 aromatic heterocycles. The summed E-state index contributed by atoms with van der Waals surface area (Å²) >= 11 is 6.76. The normalized spacial score (nSPS) is 16.9. The molecule has 228 valence electrons. The van der Waals surface area contributed by atoms with Gasteiger partial charge in [-0.3, -0.25) is 0 Å². The first kappa shape index (κ1) is 31.5. The van der Waals surface area contributed by atoms with Gasteiger partial charge in [-0.05, 0) is 73.1 Å². The molecule has 4 rings (SSSR count). The number of rotatable bonds is 6. The minimum atomic E-state index is -1.01. The van der Waals surface area contributed by atoms with Crippen LogP contribution >= 0.6 is 11.6 Å². The van der Waals surface area contributed by atoms with Crippen molar-refractivity contribution in [3.8, 4) is 5.75 Å². The summed E-state index contributed by atoms with van der Waals surface area (Å²) in [7, 11) is 1.60. The van der Waals surface area contributed by atoms with Crippen LogP contribution in [0.25, 0.3) is 11.0 Å². The fourth-order valence-electron chi connectivity index (χ4n) is 4.28. The second kappa shape index (κ2) is 11.7. The van der Waals surface area contributed by atoms with E-state index in [1.165, 1.54) is 0 Å². The van der Waals surface area contributed by atoms with Crippen molar-refractivity contribution in [3.63, 3.8) is 0 Å². The van der Waals surface area contributed by atoms with Gasteiger partial charge in [0.1, 0.15) is 22.1 Å². The first-order chi connectivity index (χ1) is 19.4. The molecule has 12 nitrogen and oxygen atoms in total. The largest absolute Gasteiger partial charge is 0.497 e. The number of methoxy groups -OCH3 is 1. The van der Waals surface area contributed by atoms with Crippen molar-refractivity contribution in [3.05, 3.63) is 40.7 Å². The van der Waals surface area contributed by atoms with Gasteiger partial charge in [0, 0.05) is 6.42 Å². The second-order valence-corrected chi connectivity index (χ2v) is 12.8. The Kier molecular flexibility index (Phi) is 8.73. The van der Waals surface area contributed by atoms with Crippen molar-refractivity contribution >= 4 is 40.8 Å². The number of imide groups is 1. The lowest BCUT2D eigenvalue weighted by molar-refractivity contribution is -0.138. The number of aromatic nitrogens is 4. The molecule has 1 aliphatic rings. The molecule has 0 N–H and O–H groups in total. The van der Waals surface area contributed by atoms with E-state index in [1.54, 1.807) is 53.3 Å². The maximum Gasteiger partial charge on any atom is 0.427 e. The Balaban J connectivity index is 1.83. The summed E-state index contributed by atoms with van der Waals surface area (Å²) in [6.07, 6.45) is -1.91. The third-order valence-electron chi connectivity index (χ3n) is 5.94. The highest BCUT2D eigenvalue weighted by atomic mass is 35.5. The summed E-state index contributed by atoms with van der Waals surface area (Å²) < 4.78 is 29.7. The number of nitrogens with zero attached hydrogens (tertiary/aromatic N) is 5. The summed E-state index contributed by atoms with van der Waals surface area (Å²) in [6, 6.07) is 7.49. The van der Waals surface area contributed by atoms with Crippen LogP contribution < -0.4 is 9.64 Å². The van der Waals surface area contributed by atoms with E-state index in [-0.39, 0.29) is 17.2 Å². The zero-order valence-electron chi connectivity index (χ0n) is 25.5. The number of hydrogen-bond donors (Lipinski definition) is 0. The Morgan fingerprint density at radius 1 is 1.05 bits per heavy atom. The molecular weight excluding hydrogens is 566 g/mol. The van der Waals surface area contributed by atoms with Crippen molar-refractivity contribution in [1.29, 1.82) is 0 Å². The second-order valence-electron chi connectivity index (χ2n) is 12.4. The monoisotopic (exact) mass is 603 g/mol. The summed E-state index contributed by atoms with van der Waals surface area (Å²) in [5, 5.41) is 5.29. The number of ether oxygens (including phenoxy) is 5. The number of benzene rings is 1. The molecule has 1 aromatic carbocycles. The minimum Gasteiger partial charge on any atom is -0.497 e. The molecule has 0 aliphatic carbocycles. The highest BCUT2D eigenvalue weighted by molar-refractivity contribution is 6.34. The molecule has 13 heteroatoms. The molecule has 0 saturated carbocycles. The van der Waals surface area contributed by atoms with E-state index in [0.717, 1.165) is 5.56 Å². The summed E-state index contributed by atoms with van der Waals surface area (Å²) in [5.74, 6) is -0.315. The van der Waals surface area contributed by atoms with Crippen molar-refractivity contribution in [2.75, 3.05) is 18.6 Å². The van der Waals surface area contributed by atoms with Crippen molar-refractivity contribution < 1.29 is 33.3 Å². The Bertz CT molecular complexity index is 1430. The van der Waals surface area contributed by atoms with Gasteiger partial charge >= 0.3 is 12.2 Å². The topological polar surface area (TPSA) is 127 Å². The van der Waals surface area contributed by atoms with Crippen LogP contribution in [0.1, 0.15) is 66.6 Å². The highest BCUT2D eigenvalue weighted by Crippen LogP contribution is 2.32. The number of halogens is 1. The van der Waals surface area contributed by atoms with Gasteiger partial charge in [-0.2, -0.15) is 15.1 Å². The maximum atomic E-state index is 13.3. The molecule has 2 amide bonds. The molecule has 1 aliphatic heterocycles. The molecule has 0 radical (unpaired) electrons. The average molecular weight is 604 g/mol. The first-order valence-electron chi connectivity index (χ1n) is 13.6. The zero-order chi connectivity index (χ0) is 31.0. The quantitative estimate of drug-likeness (QED) is 0.314. The fraction of sp³-hybridized carbons (Fsp3) is 0.552. The molecule has 1 unspecified atom stereocenters. The Labute approximate surface area is 250 Å². The lowest BCUT2D eigenvalue weighted by Gasteiger charge is -2.27. The smallest absolute Gasteiger partial charge is 0.427 e. The van der Waals surface area contributed by atoms with Gasteiger partial charge in [-0.1, -0.05) is 23.7 Å². The number of carbonyl (C=O) groups excluding carboxylic acids is 2. The van der Waals surface area contributed by atoms with Crippen molar-refractivity contribution in [2.24, 2.45) is 0 Å². The van der Waals surface area contributed by atoms with E-state index in [2.05, 4.69) is 9.97 Å². The van der Waals surface area contributed by atoms with Crippen LogP contribution in [-0.2, 0) is 31.9 Å².